The van der Waals surface area contributed by atoms with Gasteiger partial charge in [-0.05, 0) is 61.0 Å². The van der Waals surface area contributed by atoms with Gasteiger partial charge in [-0.2, -0.15) is 0 Å². The fourth-order valence-corrected chi connectivity index (χ4v) is 4.38. The lowest BCUT2D eigenvalue weighted by Gasteiger charge is -2.14. The molecule has 0 bridgehead atoms. The van der Waals surface area contributed by atoms with Crippen molar-refractivity contribution in [3.05, 3.63) is 89.2 Å². The molecule has 10 heteroatoms. The molecule has 168 valence electrons. The number of nitrogens with zero attached hydrogens (tertiary/aromatic N) is 2. The van der Waals surface area contributed by atoms with Gasteiger partial charge < -0.3 is 4.74 Å². The Balaban J connectivity index is 1.45. The summed E-state index contributed by atoms with van der Waals surface area (Å²) in [5, 5.41) is 0. The molecule has 2 heterocycles. The second-order valence-electron chi connectivity index (χ2n) is 7.14. The zero-order valence-electron chi connectivity index (χ0n) is 17.5. The van der Waals surface area contributed by atoms with E-state index in [0.29, 0.717) is 11.1 Å². The predicted molar refractivity (Wildman–Crippen MR) is 118 cm³/mol. The van der Waals surface area contributed by atoms with E-state index in [1.54, 1.807) is 19.1 Å². The Morgan fingerprint density at radius 2 is 1.70 bits per heavy atom. The molecule has 0 atom stereocenters. The number of carbonyl (C=O) groups is 3. The summed E-state index contributed by atoms with van der Waals surface area (Å²) in [4.78, 5) is 41.7. The van der Waals surface area contributed by atoms with Gasteiger partial charge in [0.15, 0.2) is 0 Å². The Kier molecular flexibility index (Phi) is 5.93. The number of ether oxygens (including phenoxy) is 1. The summed E-state index contributed by atoms with van der Waals surface area (Å²) in [6, 6.07) is 14.9. The number of rotatable bonds is 7. The van der Waals surface area contributed by atoms with Crippen LogP contribution in [0.4, 0.5) is 5.69 Å². The van der Waals surface area contributed by atoms with E-state index < -0.39 is 27.8 Å². The number of carbonyl (C=O) groups excluding carboxylic acids is 3. The van der Waals surface area contributed by atoms with Crippen LogP contribution in [0.25, 0.3) is 0 Å². The van der Waals surface area contributed by atoms with E-state index in [1.807, 2.05) is 0 Å². The molecule has 0 radical (unpaired) electrons. The first-order chi connectivity index (χ1) is 15.8. The van der Waals surface area contributed by atoms with Gasteiger partial charge in [-0.1, -0.05) is 12.1 Å². The van der Waals surface area contributed by atoms with Gasteiger partial charge in [0.2, 0.25) is 0 Å². The normalized spacial score (nSPS) is 13.1. The monoisotopic (exact) mass is 465 g/mol. The Labute approximate surface area is 190 Å². The van der Waals surface area contributed by atoms with Crippen LogP contribution >= 0.6 is 0 Å². The van der Waals surface area contributed by atoms with Crippen molar-refractivity contribution in [2.24, 2.45) is 0 Å². The summed E-state index contributed by atoms with van der Waals surface area (Å²) in [5.41, 5.74) is 1.54. The van der Waals surface area contributed by atoms with Crippen LogP contribution in [0.15, 0.2) is 71.8 Å². The first kappa shape index (κ1) is 22.2. The second-order valence-corrected chi connectivity index (χ2v) is 8.83. The van der Waals surface area contributed by atoms with Gasteiger partial charge in [0.25, 0.3) is 21.8 Å². The number of anilines is 1. The quantitative estimate of drug-likeness (QED) is 0.420. The molecule has 4 rings (SSSR count). The number of imide groups is 1. The molecule has 0 saturated heterocycles. The molecule has 2 amide bonds. The fourth-order valence-electron chi connectivity index (χ4n) is 3.32. The molecule has 0 unspecified atom stereocenters. The molecule has 9 nitrogen and oxygen atoms in total. The maximum Gasteiger partial charge on any atom is 0.338 e. The Morgan fingerprint density at radius 1 is 1.00 bits per heavy atom. The van der Waals surface area contributed by atoms with Crippen molar-refractivity contribution in [3.8, 4) is 0 Å². The number of fused-ring (bicyclic) bond motifs is 1. The lowest BCUT2D eigenvalue weighted by atomic mass is 10.2. The number of aromatic nitrogens is 1. The lowest BCUT2D eigenvalue weighted by Crippen LogP contribution is -2.29. The number of benzene rings is 2. The highest BCUT2D eigenvalue weighted by Crippen LogP contribution is 2.23. The van der Waals surface area contributed by atoms with Gasteiger partial charge in [-0.3, -0.25) is 24.2 Å². The maximum absolute atomic E-state index is 12.7. The van der Waals surface area contributed by atoms with E-state index in [0.717, 1.165) is 4.90 Å². The van der Waals surface area contributed by atoms with Gasteiger partial charge in [0, 0.05) is 11.9 Å². The van der Waals surface area contributed by atoms with Crippen LogP contribution < -0.4 is 4.72 Å². The molecule has 1 aliphatic rings. The van der Waals surface area contributed by atoms with Crippen molar-refractivity contribution in [2.75, 3.05) is 11.3 Å². The highest BCUT2D eigenvalue weighted by atomic mass is 32.2. The Hall–Kier alpha value is -4.05. The standard InChI is InChI=1S/C23H19N3O6S/c1-2-32-23(29)16-7-9-17(10-8-16)25-33(30,31)18-11-5-15(6-12-18)14-26-21(27)19-4-3-13-24-20(19)22(26)28/h3-13,25H,2,14H2,1H3. The molecule has 1 N–H and O–H groups in total. The number of esters is 1. The summed E-state index contributed by atoms with van der Waals surface area (Å²) in [5.74, 6) is -1.41. The Bertz CT molecular complexity index is 1300. The molecule has 0 saturated carbocycles. The molecule has 0 fully saturated rings. The minimum absolute atomic E-state index is 0.00287. The average Bonchev–Trinajstić information content (AvgIpc) is 3.05. The number of amides is 2. The van der Waals surface area contributed by atoms with Crippen LogP contribution in [0.3, 0.4) is 0 Å². The number of hydrogen-bond acceptors (Lipinski definition) is 7. The number of hydrogen-bond donors (Lipinski definition) is 1. The molecule has 1 aromatic heterocycles. The molecule has 2 aromatic carbocycles. The molecule has 3 aromatic rings. The summed E-state index contributed by atoms with van der Waals surface area (Å²) < 4.78 is 32.8. The van der Waals surface area contributed by atoms with E-state index in [-0.39, 0.29) is 35.0 Å². The van der Waals surface area contributed by atoms with Crippen LogP contribution in [-0.2, 0) is 21.3 Å². The lowest BCUT2D eigenvalue weighted by molar-refractivity contribution is 0.0525. The van der Waals surface area contributed by atoms with Crippen LogP contribution in [-0.4, -0.2) is 42.7 Å². The molecule has 33 heavy (non-hydrogen) atoms. The van der Waals surface area contributed by atoms with E-state index in [9.17, 15) is 22.8 Å². The average molecular weight is 465 g/mol. The number of sulfonamides is 1. The van der Waals surface area contributed by atoms with Crippen LogP contribution in [0.1, 0.15) is 43.7 Å². The third-order valence-electron chi connectivity index (χ3n) is 4.95. The topological polar surface area (TPSA) is 123 Å². The predicted octanol–water partition coefficient (Wildman–Crippen LogP) is 2.86. The second kappa shape index (κ2) is 8.83. The smallest absolute Gasteiger partial charge is 0.338 e. The summed E-state index contributed by atoms with van der Waals surface area (Å²) in [7, 11) is -3.89. The van der Waals surface area contributed by atoms with Gasteiger partial charge in [0.05, 0.1) is 29.2 Å². The summed E-state index contributed by atoms with van der Waals surface area (Å²) in [6.07, 6.45) is 1.45. The first-order valence-electron chi connectivity index (χ1n) is 10.0. The van der Waals surface area contributed by atoms with Gasteiger partial charge in [-0.15, -0.1) is 0 Å². The highest BCUT2D eigenvalue weighted by Gasteiger charge is 2.36. The summed E-state index contributed by atoms with van der Waals surface area (Å²) >= 11 is 0. The van der Waals surface area contributed by atoms with Crippen LogP contribution in [0.5, 0.6) is 0 Å². The van der Waals surface area contributed by atoms with E-state index >= 15 is 0 Å². The van der Waals surface area contributed by atoms with Crippen LogP contribution in [0.2, 0.25) is 0 Å². The van der Waals surface area contributed by atoms with Crippen molar-refractivity contribution >= 4 is 33.5 Å². The molecular formula is C23H19N3O6S. The molecule has 0 spiro atoms. The SMILES string of the molecule is CCOC(=O)c1ccc(NS(=O)(=O)c2ccc(CN3C(=O)c4cccnc4C3=O)cc2)cc1. The minimum atomic E-state index is -3.89. The van der Waals surface area contributed by atoms with Gasteiger partial charge >= 0.3 is 5.97 Å². The Morgan fingerprint density at radius 3 is 2.33 bits per heavy atom. The molecule has 1 aliphatic heterocycles. The minimum Gasteiger partial charge on any atom is -0.462 e. The van der Waals surface area contributed by atoms with Crippen molar-refractivity contribution in [1.82, 2.24) is 9.88 Å². The zero-order valence-corrected chi connectivity index (χ0v) is 18.3. The maximum atomic E-state index is 12.7. The van der Waals surface area contributed by atoms with Crippen molar-refractivity contribution in [2.45, 2.75) is 18.4 Å². The molecular weight excluding hydrogens is 446 g/mol. The zero-order chi connectivity index (χ0) is 23.6. The van der Waals surface area contributed by atoms with E-state index in [1.165, 1.54) is 54.7 Å². The molecule has 0 aliphatic carbocycles. The first-order valence-corrected chi connectivity index (χ1v) is 11.5. The third kappa shape index (κ3) is 4.46. The fraction of sp³-hybridized carbons (Fsp3) is 0.130. The number of pyridine rings is 1. The van der Waals surface area contributed by atoms with E-state index in [4.69, 9.17) is 4.74 Å². The number of nitrogens with one attached hydrogen (secondary N) is 1. The third-order valence-corrected chi connectivity index (χ3v) is 6.35. The highest BCUT2D eigenvalue weighted by molar-refractivity contribution is 7.92. The van der Waals surface area contributed by atoms with E-state index in [2.05, 4.69) is 9.71 Å². The van der Waals surface area contributed by atoms with Gasteiger partial charge in [-0.25, -0.2) is 13.2 Å². The largest absolute Gasteiger partial charge is 0.462 e. The summed E-state index contributed by atoms with van der Waals surface area (Å²) in [6.45, 7) is 1.94. The van der Waals surface area contributed by atoms with Gasteiger partial charge in [0.1, 0.15) is 5.69 Å². The van der Waals surface area contributed by atoms with Crippen molar-refractivity contribution < 1.29 is 27.5 Å². The van der Waals surface area contributed by atoms with Crippen LogP contribution in [0, 0.1) is 0 Å². The van der Waals surface area contributed by atoms with Crippen molar-refractivity contribution in [3.63, 3.8) is 0 Å². The van der Waals surface area contributed by atoms with Crippen molar-refractivity contribution in [1.29, 1.82) is 0 Å².